The molecule has 0 radical (unpaired) electrons. The quantitative estimate of drug-likeness (QED) is 0.746. The van der Waals surface area contributed by atoms with E-state index < -0.39 is 10.0 Å². The standard InChI is InChI=1S/C12H20N4O4S/c1-3-21(18,19)16-8-6-15(7-9-16)12(17)5-4-11-14-13-10(2)20-11/h3-9H2,1-2H3. The van der Waals surface area contributed by atoms with Gasteiger partial charge in [0.1, 0.15) is 0 Å². The number of aromatic nitrogens is 2. The number of amides is 1. The Hall–Kier alpha value is -1.48. The minimum Gasteiger partial charge on any atom is -0.426 e. The largest absolute Gasteiger partial charge is 0.426 e. The summed E-state index contributed by atoms with van der Waals surface area (Å²) in [6, 6.07) is 0. The van der Waals surface area contributed by atoms with Crippen LogP contribution < -0.4 is 0 Å². The van der Waals surface area contributed by atoms with Crippen LogP contribution in [0.25, 0.3) is 0 Å². The number of hydrogen-bond donors (Lipinski definition) is 0. The van der Waals surface area contributed by atoms with Crippen LogP contribution in [0.3, 0.4) is 0 Å². The molecule has 118 valence electrons. The van der Waals surface area contributed by atoms with Gasteiger partial charge in [0.15, 0.2) is 0 Å². The van der Waals surface area contributed by atoms with Crippen LogP contribution >= 0.6 is 0 Å². The summed E-state index contributed by atoms with van der Waals surface area (Å²) in [5, 5.41) is 7.55. The van der Waals surface area contributed by atoms with Crippen LogP contribution in [-0.4, -0.2) is 65.7 Å². The molecule has 2 heterocycles. The average molecular weight is 316 g/mol. The maximum Gasteiger partial charge on any atom is 0.223 e. The minimum absolute atomic E-state index is 0.0144. The fourth-order valence-corrected chi connectivity index (χ4v) is 3.29. The molecule has 1 aliphatic heterocycles. The van der Waals surface area contributed by atoms with Gasteiger partial charge in [0.25, 0.3) is 0 Å². The highest BCUT2D eigenvalue weighted by Gasteiger charge is 2.27. The molecule has 0 saturated carbocycles. The molecule has 0 atom stereocenters. The van der Waals surface area contributed by atoms with E-state index in [9.17, 15) is 13.2 Å². The number of carbonyl (C=O) groups excluding carboxylic acids is 1. The maximum absolute atomic E-state index is 12.1. The van der Waals surface area contributed by atoms with E-state index in [2.05, 4.69) is 10.2 Å². The van der Waals surface area contributed by atoms with Crippen LogP contribution in [0.4, 0.5) is 0 Å². The lowest BCUT2D eigenvalue weighted by Gasteiger charge is -2.33. The summed E-state index contributed by atoms with van der Waals surface area (Å²) in [6.07, 6.45) is 0.704. The normalized spacial score (nSPS) is 17.1. The van der Waals surface area contributed by atoms with E-state index >= 15 is 0 Å². The SMILES string of the molecule is CCS(=O)(=O)N1CCN(C(=O)CCc2nnc(C)o2)CC1. The zero-order valence-electron chi connectivity index (χ0n) is 12.3. The molecule has 0 aromatic carbocycles. The third kappa shape index (κ3) is 4.01. The Kier molecular flexibility index (Phi) is 4.94. The molecule has 0 aliphatic carbocycles. The first-order valence-electron chi connectivity index (χ1n) is 6.97. The van der Waals surface area contributed by atoms with Crippen LogP contribution in [0, 0.1) is 6.92 Å². The van der Waals surface area contributed by atoms with Crippen LogP contribution in [0.2, 0.25) is 0 Å². The molecule has 1 amide bonds. The van der Waals surface area contributed by atoms with Gasteiger partial charge in [-0.3, -0.25) is 4.79 Å². The molecule has 1 aromatic rings. The van der Waals surface area contributed by atoms with Crippen LogP contribution in [0.1, 0.15) is 25.1 Å². The van der Waals surface area contributed by atoms with Gasteiger partial charge in [0.05, 0.1) is 5.75 Å². The summed E-state index contributed by atoms with van der Waals surface area (Å²) >= 11 is 0. The van der Waals surface area contributed by atoms with Crippen molar-refractivity contribution in [1.82, 2.24) is 19.4 Å². The molecule has 2 rings (SSSR count). The number of hydrogen-bond acceptors (Lipinski definition) is 6. The topological polar surface area (TPSA) is 96.6 Å². The summed E-state index contributed by atoms with van der Waals surface area (Å²) in [5.41, 5.74) is 0. The molecule has 21 heavy (non-hydrogen) atoms. The molecule has 0 bridgehead atoms. The van der Waals surface area contributed by atoms with Crippen molar-refractivity contribution in [2.75, 3.05) is 31.9 Å². The summed E-state index contributed by atoms with van der Waals surface area (Å²) in [6.45, 7) is 4.91. The van der Waals surface area contributed by atoms with Crippen molar-refractivity contribution >= 4 is 15.9 Å². The molecule has 0 unspecified atom stereocenters. The third-order valence-corrected chi connectivity index (χ3v) is 5.35. The molecule has 1 aliphatic rings. The summed E-state index contributed by atoms with van der Waals surface area (Å²) in [4.78, 5) is 13.8. The van der Waals surface area contributed by atoms with Crippen molar-refractivity contribution in [2.45, 2.75) is 26.7 Å². The molecule has 9 heteroatoms. The zero-order valence-corrected chi connectivity index (χ0v) is 13.1. The van der Waals surface area contributed by atoms with E-state index in [1.54, 1.807) is 18.7 Å². The van der Waals surface area contributed by atoms with Gasteiger partial charge < -0.3 is 9.32 Å². The second-order valence-electron chi connectivity index (χ2n) is 4.90. The van der Waals surface area contributed by atoms with Crippen molar-refractivity contribution < 1.29 is 17.6 Å². The summed E-state index contributed by atoms with van der Waals surface area (Å²) < 4.78 is 30.1. The average Bonchev–Trinajstić information content (AvgIpc) is 2.90. The van der Waals surface area contributed by atoms with Gasteiger partial charge in [-0.05, 0) is 6.92 Å². The number of aryl methyl sites for hydroxylation is 2. The van der Waals surface area contributed by atoms with Gasteiger partial charge in [-0.15, -0.1) is 10.2 Å². The highest BCUT2D eigenvalue weighted by atomic mass is 32.2. The predicted octanol–water partition coefficient (Wildman–Crippen LogP) is -0.195. The van der Waals surface area contributed by atoms with Gasteiger partial charge in [-0.1, -0.05) is 0 Å². The van der Waals surface area contributed by atoms with Crippen LogP contribution in [-0.2, 0) is 21.2 Å². The first-order chi connectivity index (χ1) is 9.92. The lowest BCUT2D eigenvalue weighted by atomic mass is 10.2. The Morgan fingerprint density at radius 1 is 1.24 bits per heavy atom. The zero-order chi connectivity index (χ0) is 15.5. The van der Waals surface area contributed by atoms with Crippen molar-refractivity contribution in [1.29, 1.82) is 0 Å². The second-order valence-corrected chi connectivity index (χ2v) is 7.15. The van der Waals surface area contributed by atoms with Gasteiger partial charge in [-0.25, -0.2) is 8.42 Å². The number of carbonyl (C=O) groups is 1. The monoisotopic (exact) mass is 316 g/mol. The summed E-state index contributed by atoms with van der Waals surface area (Å²) in [5.74, 6) is 1.01. The van der Waals surface area contributed by atoms with Gasteiger partial charge in [0.2, 0.25) is 27.7 Å². The first-order valence-corrected chi connectivity index (χ1v) is 8.58. The van der Waals surface area contributed by atoms with E-state index in [1.807, 2.05) is 0 Å². The Labute approximate surface area is 124 Å². The number of nitrogens with zero attached hydrogens (tertiary/aromatic N) is 4. The van der Waals surface area contributed by atoms with E-state index in [4.69, 9.17) is 4.42 Å². The van der Waals surface area contributed by atoms with Crippen molar-refractivity contribution in [3.8, 4) is 0 Å². The summed E-state index contributed by atoms with van der Waals surface area (Å²) in [7, 11) is -3.16. The fourth-order valence-electron chi connectivity index (χ4n) is 2.21. The van der Waals surface area contributed by atoms with E-state index in [-0.39, 0.29) is 11.7 Å². The molecule has 1 saturated heterocycles. The van der Waals surface area contributed by atoms with Crippen LogP contribution in [0.5, 0.6) is 0 Å². The molecule has 1 aromatic heterocycles. The third-order valence-electron chi connectivity index (χ3n) is 3.47. The second kappa shape index (κ2) is 6.52. The van der Waals surface area contributed by atoms with Gasteiger partial charge in [-0.2, -0.15) is 4.31 Å². The lowest BCUT2D eigenvalue weighted by molar-refractivity contribution is -0.132. The Balaban J connectivity index is 1.80. The molecule has 0 spiro atoms. The van der Waals surface area contributed by atoms with Crippen molar-refractivity contribution in [2.24, 2.45) is 0 Å². The van der Waals surface area contributed by atoms with Gasteiger partial charge in [0, 0.05) is 45.9 Å². The molecular formula is C12H20N4O4S. The Morgan fingerprint density at radius 3 is 2.43 bits per heavy atom. The maximum atomic E-state index is 12.1. The number of rotatable bonds is 5. The highest BCUT2D eigenvalue weighted by molar-refractivity contribution is 7.89. The number of piperazine rings is 1. The molecule has 8 nitrogen and oxygen atoms in total. The highest BCUT2D eigenvalue weighted by Crippen LogP contribution is 2.10. The molecule has 0 N–H and O–H groups in total. The van der Waals surface area contributed by atoms with E-state index in [1.165, 1.54) is 4.31 Å². The van der Waals surface area contributed by atoms with Crippen LogP contribution in [0.15, 0.2) is 4.42 Å². The fraction of sp³-hybridized carbons (Fsp3) is 0.750. The lowest BCUT2D eigenvalue weighted by Crippen LogP contribution is -2.50. The smallest absolute Gasteiger partial charge is 0.223 e. The Morgan fingerprint density at radius 2 is 1.90 bits per heavy atom. The molecule has 1 fully saturated rings. The number of sulfonamides is 1. The Bertz CT molecular complexity index is 590. The van der Waals surface area contributed by atoms with Crippen molar-refractivity contribution in [3.63, 3.8) is 0 Å². The first kappa shape index (κ1) is 15.9. The molecular weight excluding hydrogens is 296 g/mol. The van der Waals surface area contributed by atoms with E-state index in [0.717, 1.165) is 0 Å². The minimum atomic E-state index is -3.16. The van der Waals surface area contributed by atoms with E-state index in [0.29, 0.717) is 50.8 Å². The van der Waals surface area contributed by atoms with Gasteiger partial charge >= 0.3 is 0 Å². The predicted molar refractivity (Wildman–Crippen MR) is 75.0 cm³/mol. The van der Waals surface area contributed by atoms with Crippen molar-refractivity contribution in [3.05, 3.63) is 11.8 Å².